The smallest absolute Gasteiger partial charge is 0.410 e. The molecular formula is C44H47N5O4. The number of rotatable bonds is 10. The van der Waals surface area contributed by atoms with Gasteiger partial charge in [-0.3, -0.25) is 4.79 Å². The van der Waals surface area contributed by atoms with Gasteiger partial charge in [0.25, 0.3) is 0 Å². The minimum Gasteiger partial charge on any atom is -0.444 e. The largest absolute Gasteiger partial charge is 0.444 e. The first-order valence-electron chi connectivity index (χ1n) is 18.4. The van der Waals surface area contributed by atoms with Crippen LogP contribution in [-0.4, -0.2) is 56.7 Å². The molecule has 0 saturated carbocycles. The Bertz CT molecular complexity index is 2210. The Hall–Kier alpha value is -5.54. The maximum absolute atomic E-state index is 13.1. The number of aromatic nitrogens is 3. The quantitative estimate of drug-likeness (QED) is 0.141. The molecular weight excluding hydrogens is 663 g/mol. The molecule has 0 radical (unpaired) electrons. The second kappa shape index (κ2) is 15.6. The molecule has 0 bridgehead atoms. The van der Waals surface area contributed by atoms with Crippen molar-refractivity contribution in [2.45, 2.75) is 77.9 Å². The highest BCUT2D eigenvalue weighted by Crippen LogP contribution is 2.32. The van der Waals surface area contributed by atoms with Crippen LogP contribution in [0, 0.1) is 0 Å². The number of likely N-dealkylation sites (tertiary alicyclic amines) is 1. The summed E-state index contributed by atoms with van der Waals surface area (Å²) in [5.41, 5.74) is 4.56. The number of aryl methyl sites for hydroxylation is 2. The first kappa shape index (κ1) is 35.8. The van der Waals surface area contributed by atoms with Crippen molar-refractivity contribution in [2.24, 2.45) is 0 Å². The number of hydrogen-bond acceptors (Lipinski definition) is 6. The Balaban J connectivity index is 1.04. The molecule has 0 spiro atoms. The van der Waals surface area contributed by atoms with Gasteiger partial charge in [-0.05, 0) is 96.1 Å². The summed E-state index contributed by atoms with van der Waals surface area (Å²) in [5, 5.41) is 13.5. The molecule has 1 aromatic heterocycles. The summed E-state index contributed by atoms with van der Waals surface area (Å²) >= 11 is 0. The van der Waals surface area contributed by atoms with Crippen LogP contribution in [0.3, 0.4) is 0 Å². The minimum absolute atomic E-state index is 0.00623. The lowest BCUT2D eigenvalue weighted by molar-refractivity contribution is -0.116. The van der Waals surface area contributed by atoms with Crippen LogP contribution in [0.4, 0.5) is 10.5 Å². The van der Waals surface area contributed by atoms with Gasteiger partial charge in [-0.25, -0.2) is 9.48 Å². The SMILES string of the molecule is CC(=O)N(Cc1ccc2ccccc2c1)c1ccc(CCn2nncc2[C@@H]2CCN(C(=O)OC(C)(C)C)C[C@H]2OCc2ccc3ccccc3c2)cc1. The zero-order valence-electron chi connectivity index (χ0n) is 30.9. The monoisotopic (exact) mass is 709 g/mol. The Labute approximate surface area is 311 Å². The highest BCUT2D eigenvalue weighted by atomic mass is 16.6. The highest BCUT2D eigenvalue weighted by Gasteiger charge is 2.37. The predicted octanol–water partition coefficient (Wildman–Crippen LogP) is 8.69. The second-order valence-corrected chi connectivity index (χ2v) is 14.9. The maximum Gasteiger partial charge on any atom is 0.410 e. The summed E-state index contributed by atoms with van der Waals surface area (Å²) < 4.78 is 14.4. The third-order valence-electron chi connectivity index (χ3n) is 9.91. The van der Waals surface area contributed by atoms with Gasteiger partial charge in [0.2, 0.25) is 5.91 Å². The number of hydrogen-bond donors (Lipinski definition) is 0. The van der Waals surface area contributed by atoms with E-state index >= 15 is 0 Å². The molecule has 0 N–H and O–H groups in total. The van der Waals surface area contributed by atoms with E-state index in [1.807, 2.05) is 72.9 Å². The zero-order chi connectivity index (χ0) is 37.0. The molecule has 1 fully saturated rings. The number of ether oxygens (including phenoxy) is 2. The van der Waals surface area contributed by atoms with E-state index in [1.165, 1.54) is 16.2 Å². The van der Waals surface area contributed by atoms with Gasteiger partial charge < -0.3 is 19.3 Å². The van der Waals surface area contributed by atoms with Gasteiger partial charge in [0, 0.05) is 31.6 Å². The number of amides is 2. The van der Waals surface area contributed by atoms with Crippen molar-refractivity contribution in [2.75, 3.05) is 18.0 Å². The lowest BCUT2D eigenvalue weighted by Crippen LogP contribution is -2.48. The Morgan fingerprint density at radius 2 is 1.43 bits per heavy atom. The summed E-state index contributed by atoms with van der Waals surface area (Å²) in [7, 11) is 0. The van der Waals surface area contributed by atoms with E-state index in [4.69, 9.17) is 9.47 Å². The number of benzene rings is 5. The van der Waals surface area contributed by atoms with Crippen LogP contribution in [0.5, 0.6) is 0 Å². The standard InChI is InChI=1S/C44H47N5O4/c1-31(50)48(28-33-13-17-35-9-5-7-11-37(35)25-33)39-19-15-32(16-20-39)21-24-49-41(27-45-46-49)40-22-23-47(43(51)53-44(2,3)4)29-42(40)52-30-34-14-18-36-10-6-8-12-38(36)26-34/h5-20,25-27,40,42H,21-24,28-30H2,1-4H3/t40-,42+/m0/s1. The van der Waals surface area contributed by atoms with Crippen molar-refractivity contribution in [3.8, 4) is 0 Å². The topological polar surface area (TPSA) is 89.8 Å². The molecule has 0 aliphatic carbocycles. The van der Waals surface area contributed by atoms with E-state index in [0.717, 1.165) is 39.9 Å². The average molecular weight is 710 g/mol. The van der Waals surface area contributed by atoms with Crippen molar-refractivity contribution in [1.29, 1.82) is 0 Å². The zero-order valence-corrected chi connectivity index (χ0v) is 30.9. The van der Waals surface area contributed by atoms with Gasteiger partial charge in [-0.2, -0.15) is 0 Å². The van der Waals surface area contributed by atoms with Gasteiger partial charge in [-0.15, -0.1) is 5.10 Å². The number of piperidine rings is 1. The van der Waals surface area contributed by atoms with Crippen molar-refractivity contribution in [1.82, 2.24) is 19.9 Å². The van der Waals surface area contributed by atoms with E-state index in [2.05, 4.69) is 83.1 Å². The van der Waals surface area contributed by atoms with Crippen molar-refractivity contribution < 1.29 is 19.1 Å². The van der Waals surface area contributed by atoms with Crippen LogP contribution in [0.1, 0.15) is 62.4 Å². The van der Waals surface area contributed by atoms with Gasteiger partial charge in [0.05, 0.1) is 37.7 Å². The van der Waals surface area contributed by atoms with E-state index in [1.54, 1.807) is 11.8 Å². The van der Waals surface area contributed by atoms with Crippen LogP contribution in [0.15, 0.2) is 115 Å². The number of fused-ring (bicyclic) bond motifs is 2. The van der Waals surface area contributed by atoms with Gasteiger partial charge in [0.15, 0.2) is 0 Å². The molecule has 53 heavy (non-hydrogen) atoms. The second-order valence-electron chi connectivity index (χ2n) is 14.9. The molecule has 2 amide bonds. The summed E-state index contributed by atoms with van der Waals surface area (Å²) in [6, 6.07) is 37.5. The first-order chi connectivity index (χ1) is 25.6. The lowest BCUT2D eigenvalue weighted by Gasteiger charge is -2.38. The third kappa shape index (κ3) is 8.75. The first-order valence-corrected chi connectivity index (χ1v) is 18.4. The van der Waals surface area contributed by atoms with Gasteiger partial charge in [0.1, 0.15) is 5.60 Å². The molecule has 5 aromatic carbocycles. The van der Waals surface area contributed by atoms with E-state index in [-0.39, 0.29) is 24.0 Å². The lowest BCUT2D eigenvalue weighted by atomic mass is 9.90. The molecule has 2 heterocycles. The van der Waals surface area contributed by atoms with Crippen molar-refractivity contribution >= 4 is 39.2 Å². The van der Waals surface area contributed by atoms with Crippen LogP contribution in [0.25, 0.3) is 21.5 Å². The molecule has 1 aliphatic rings. The van der Waals surface area contributed by atoms with Gasteiger partial charge in [-0.1, -0.05) is 90.1 Å². The molecule has 7 rings (SSSR count). The molecule has 2 atom stereocenters. The predicted molar refractivity (Wildman–Crippen MR) is 209 cm³/mol. The molecule has 0 unspecified atom stereocenters. The van der Waals surface area contributed by atoms with E-state index in [0.29, 0.717) is 39.2 Å². The Morgan fingerprint density at radius 3 is 2.09 bits per heavy atom. The van der Waals surface area contributed by atoms with E-state index < -0.39 is 5.60 Å². The number of carbonyl (C=O) groups is 2. The fourth-order valence-electron chi connectivity index (χ4n) is 7.16. The van der Waals surface area contributed by atoms with Crippen molar-refractivity contribution in [3.63, 3.8) is 0 Å². The van der Waals surface area contributed by atoms with Crippen LogP contribution in [0.2, 0.25) is 0 Å². The normalized spacial score (nSPS) is 16.2. The fourth-order valence-corrected chi connectivity index (χ4v) is 7.16. The molecule has 1 saturated heterocycles. The number of carbonyl (C=O) groups excluding carboxylic acids is 2. The average Bonchev–Trinajstić information content (AvgIpc) is 3.63. The third-order valence-corrected chi connectivity index (χ3v) is 9.91. The fraction of sp³-hybridized carbons (Fsp3) is 0.318. The number of nitrogens with zero attached hydrogens (tertiary/aromatic N) is 5. The summed E-state index contributed by atoms with van der Waals surface area (Å²) in [5.74, 6) is -0.0148. The van der Waals surface area contributed by atoms with Crippen LogP contribution >= 0.6 is 0 Å². The minimum atomic E-state index is -0.586. The Morgan fingerprint density at radius 1 is 0.811 bits per heavy atom. The molecule has 272 valence electrons. The van der Waals surface area contributed by atoms with Gasteiger partial charge >= 0.3 is 6.09 Å². The van der Waals surface area contributed by atoms with Crippen LogP contribution < -0.4 is 4.90 Å². The van der Waals surface area contributed by atoms with Crippen molar-refractivity contribution in [3.05, 3.63) is 138 Å². The highest BCUT2D eigenvalue weighted by molar-refractivity contribution is 5.92. The van der Waals surface area contributed by atoms with Crippen LogP contribution in [-0.2, 0) is 40.4 Å². The molecule has 9 nitrogen and oxygen atoms in total. The summed E-state index contributed by atoms with van der Waals surface area (Å²) in [4.78, 5) is 29.5. The van der Waals surface area contributed by atoms with E-state index in [9.17, 15) is 9.59 Å². The molecule has 6 aromatic rings. The number of anilines is 1. The molecule has 1 aliphatic heterocycles. The molecule has 9 heteroatoms. The summed E-state index contributed by atoms with van der Waals surface area (Å²) in [6.45, 7) is 9.76. The maximum atomic E-state index is 13.1. The summed E-state index contributed by atoms with van der Waals surface area (Å²) in [6.07, 6.45) is 2.66. The Kier molecular flexibility index (Phi) is 10.5.